The Bertz CT molecular complexity index is 679. The minimum absolute atomic E-state index is 0.505. The zero-order valence-corrected chi connectivity index (χ0v) is 17.2. The zero-order chi connectivity index (χ0) is 25.4. The van der Waals surface area contributed by atoms with E-state index < -0.39 is 110 Å². The predicted molar refractivity (Wildman–Crippen MR) is 99.2 cm³/mol. The van der Waals surface area contributed by atoms with E-state index in [0.717, 1.165) is 0 Å². The van der Waals surface area contributed by atoms with Crippen LogP contribution >= 0.6 is 0 Å². The van der Waals surface area contributed by atoms with Crippen LogP contribution in [-0.2, 0) is 33.6 Å². The number of aliphatic hydroxyl groups is 2. The number of hydrogen-bond acceptors (Lipinski definition) is 15. The van der Waals surface area contributed by atoms with Gasteiger partial charge in [-0.05, 0) is 0 Å². The maximum Gasteiger partial charge on any atom is 0.341 e. The minimum atomic E-state index is -2.72. The topological polar surface area (TPSA) is 258 Å². The fraction of sp³-hybridized carbons (Fsp3) is 0.800. The number of ether oxygens (including phenoxy) is 2. The molecule has 0 aliphatic carbocycles. The van der Waals surface area contributed by atoms with Gasteiger partial charge < -0.3 is 19.7 Å². The summed E-state index contributed by atoms with van der Waals surface area (Å²) in [4.78, 5) is 72.0. The van der Waals surface area contributed by atoms with Crippen LogP contribution < -0.4 is 0 Å². The van der Waals surface area contributed by atoms with Crippen molar-refractivity contribution >= 4 is 17.3 Å². The van der Waals surface area contributed by atoms with Crippen LogP contribution in [0.15, 0.2) is 0 Å². The van der Waals surface area contributed by atoms with Crippen LogP contribution in [0.4, 0.5) is 0 Å². The highest BCUT2D eigenvalue weighted by molar-refractivity contribution is 5.80. The molecule has 33 heavy (non-hydrogen) atoms. The Morgan fingerprint density at radius 3 is 1.45 bits per heavy atom. The zero-order valence-electron chi connectivity index (χ0n) is 17.2. The molecule has 0 aliphatic rings. The van der Waals surface area contributed by atoms with Crippen molar-refractivity contribution in [3.05, 3.63) is 30.3 Å². The standard InChI is InChI=1S/C15H23N3O15/c19-10-14(23)15(30-4-1-11(20)7-16(24)25,31-5-2-12(21)8-17(26)27)33-32-6-3-13(22)9-18(28)29/h14,19,23H,1-10H2. The van der Waals surface area contributed by atoms with Gasteiger partial charge in [0.25, 0.3) is 19.6 Å². The van der Waals surface area contributed by atoms with Crippen LogP contribution in [0, 0.1) is 30.3 Å². The van der Waals surface area contributed by atoms with Crippen LogP contribution in [0.1, 0.15) is 19.3 Å². The highest BCUT2D eigenvalue weighted by Crippen LogP contribution is 2.22. The molecule has 0 rings (SSSR count). The predicted octanol–water partition coefficient (Wildman–Crippen LogP) is -2.32. The Morgan fingerprint density at radius 2 is 1.12 bits per heavy atom. The summed E-state index contributed by atoms with van der Waals surface area (Å²) in [5, 5.41) is 50.3. The average Bonchev–Trinajstić information content (AvgIpc) is 2.68. The van der Waals surface area contributed by atoms with Gasteiger partial charge in [-0.25, -0.2) is 4.89 Å². The van der Waals surface area contributed by atoms with Crippen molar-refractivity contribution < 1.29 is 58.6 Å². The molecule has 0 saturated heterocycles. The molecule has 0 saturated carbocycles. The number of rotatable bonds is 21. The normalized spacial score (nSPS) is 12.2. The SMILES string of the molecule is O=C(CCOOC(OCCC(=O)C[N+](=O)[O-])(OCCC(=O)C[N+](=O)[O-])C(O)CO)C[N+](=O)[O-]. The summed E-state index contributed by atoms with van der Waals surface area (Å²) in [6.07, 6.45) is -3.68. The number of aliphatic hydroxyl groups excluding tert-OH is 2. The van der Waals surface area contributed by atoms with Crippen molar-refractivity contribution in [2.45, 2.75) is 31.3 Å². The molecule has 0 bridgehead atoms. The first-order valence-electron chi connectivity index (χ1n) is 9.19. The number of ketones is 3. The van der Waals surface area contributed by atoms with E-state index in [4.69, 9.17) is 14.4 Å². The number of hydrogen-bond donors (Lipinski definition) is 2. The largest absolute Gasteiger partial charge is 0.393 e. The summed E-state index contributed by atoms with van der Waals surface area (Å²) < 4.78 is 10.2. The van der Waals surface area contributed by atoms with E-state index in [1.165, 1.54) is 0 Å². The monoisotopic (exact) mass is 485 g/mol. The molecule has 0 aromatic heterocycles. The summed E-state index contributed by atoms with van der Waals surface area (Å²) in [7, 11) is 0. The van der Waals surface area contributed by atoms with E-state index in [-0.39, 0.29) is 0 Å². The lowest BCUT2D eigenvalue weighted by molar-refractivity contribution is -0.526. The van der Waals surface area contributed by atoms with E-state index in [1.807, 2.05) is 0 Å². The average molecular weight is 485 g/mol. The van der Waals surface area contributed by atoms with Gasteiger partial charge in [0.2, 0.25) is 17.3 Å². The summed E-state index contributed by atoms with van der Waals surface area (Å²) in [5.41, 5.74) is 0. The van der Waals surface area contributed by atoms with Crippen LogP contribution in [-0.4, -0.2) is 100 Å². The Kier molecular flexibility index (Phi) is 14.3. The van der Waals surface area contributed by atoms with Gasteiger partial charge >= 0.3 is 5.97 Å². The molecule has 0 amide bonds. The van der Waals surface area contributed by atoms with Crippen molar-refractivity contribution in [3.8, 4) is 0 Å². The number of Topliss-reactive ketones (excluding diaryl/α,β-unsaturated/α-hetero) is 3. The molecule has 1 unspecified atom stereocenters. The molecule has 0 radical (unpaired) electrons. The summed E-state index contributed by atoms with van der Waals surface area (Å²) >= 11 is 0. The lowest BCUT2D eigenvalue weighted by Gasteiger charge is -2.34. The fourth-order valence-electron chi connectivity index (χ4n) is 2.01. The molecule has 0 aromatic carbocycles. The van der Waals surface area contributed by atoms with Gasteiger partial charge in [-0.15, -0.1) is 0 Å². The van der Waals surface area contributed by atoms with Gasteiger partial charge in [-0.1, -0.05) is 0 Å². The number of nitrogens with zero attached hydrogens (tertiary/aromatic N) is 3. The highest BCUT2D eigenvalue weighted by atomic mass is 17.3. The first kappa shape index (κ1) is 30.0. The third kappa shape index (κ3) is 13.9. The second kappa shape index (κ2) is 15.7. The molecule has 0 heterocycles. The van der Waals surface area contributed by atoms with Gasteiger partial charge in [0.1, 0.15) is 0 Å². The van der Waals surface area contributed by atoms with Crippen molar-refractivity contribution in [1.29, 1.82) is 0 Å². The molecule has 0 spiro atoms. The maximum absolute atomic E-state index is 11.5. The van der Waals surface area contributed by atoms with Gasteiger partial charge in [0.15, 0.2) is 6.10 Å². The van der Waals surface area contributed by atoms with Crippen molar-refractivity contribution in [1.82, 2.24) is 0 Å². The summed E-state index contributed by atoms with van der Waals surface area (Å²) in [6.45, 7) is -6.03. The van der Waals surface area contributed by atoms with Crippen molar-refractivity contribution in [2.75, 3.05) is 46.1 Å². The second-order valence-electron chi connectivity index (χ2n) is 6.24. The minimum Gasteiger partial charge on any atom is -0.393 e. The first-order chi connectivity index (χ1) is 15.4. The molecule has 0 aromatic rings. The molecule has 0 aliphatic heterocycles. The second-order valence-corrected chi connectivity index (χ2v) is 6.24. The molecule has 188 valence electrons. The van der Waals surface area contributed by atoms with Crippen molar-refractivity contribution in [3.63, 3.8) is 0 Å². The molecular weight excluding hydrogens is 462 g/mol. The van der Waals surface area contributed by atoms with Crippen molar-refractivity contribution in [2.24, 2.45) is 0 Å². The molecule has 18 nitrogen and oxygen atoms in total. The number of carbonyl (C=O) groups excluding carboxylic acids is 3. The van der Waals surface area contributed by atoms with Gasteiger partial charge in [-0.3, -0.25) is 44.7 Å². The fourth-order valence-corrected chi connectivity index (χ4v) is 2.01. The highest BCUT2D eigenvalue weighted by Gasteiger charge is 2.44. The van der Waals surface area contributed by atoms with Crippen LogP contribution in [0.2, 0.25) is 0 Å². The molecular formula is C15H23N3O15. The van der Waals surface area contributed by atoms with Gasteiger partial charge in [0.05, 0.1) is 26.4 Å². The van der Waals surface area contributed by atoms with Crippen LogP contribution in [0.3, 0.4) is 0 Å². The van der Waals surface area contributed by atoms with Gasteiger partial charge in [0, 0.05) is 34.0 Å². The third-order valence-corrected chi connectivity index (χ3v) is 3.51. The number of nitro groups is 3. The van der Waals surface area contributed by atoms with E-state index >= 15 is 0 Å². The summed E-state index contributed by atoms with van der Waals surface area (Å²) in [5.74, 6) is -5.31. The van der Waals surface area contributed by atoms with E-state index in [0.29, 0.717) is 0 Å². The van der Waals surface area contributed by atoms with Gasteiger partial charge in [-0.2, -0.15) is 4.89 Å². The molecule has 2 N–H and O–H groups in total. The van der Waals surface area contributed by atoms with E-state index in [1.54, 1.807) is 0 Å². The Morgan fingerprint density at radius 1 is 0.758 bits per heavy atom. The first-order valence-corrected chi connectivity index (χ1v) is 9.19. The van der Waals surface area contributed by atoms with E-state index in [2.05, 4.69) is 4.89 Å². The quantitative estimate of drug-likeness (QED) is 0.0568. The Hall–Kier alpha value is -3.03. The maximum atomic E-state index is 11.5. The lowest BCUT2D eigenvalue weighted by atomic mass is 10.2. The summed E-state index contributed by atoms with van der Waals surface area (Å²) in [6, 6.07) is 0. The lowest BCUT2D eigenvalue weighted by Crippen LogP contribution is -2.52. The third-order valence-electron chi connectivity index (χ3n) is 3.51. The van der Waals surface area contributed by atoms with Crippen LogP contribution in [0.25, 0.3) is 0 Å². The molecule has 1 atom stereocenters. The molecule has 18 heteroatoms. The number of carbonyl (C=O) groups is 3. The Labute approximate surface area is 184 Å². The van der Waals surface area contributed by atoms with Crippen LogP contribution in [0.5, 0.6) is 0 Å². The Balaban J connectivity index is 5.18. The van der Waals surface area contributed by atoms with E-state index in [9.17, 15) is 54.9 Å². The smallest absolute Gasteiger partial charge is 0.341 e. The molecule has 0 fully saturated rings.